The molecule has 3 heterocycles. The number of alkyl halides is 3. The quantitative estimate of drug-likeness (QED) is 0.172. The topological polar surface area (TPSA) is 81.3 Å². The standard InChI is InChI=1S/C39H36F3N5O3/c1-23(2)24-16-18-25(19-17-24)30-21-34(39(40,41)42)46-35(43-30)22-31(44-46)38(48)47-37(28-12-6-8-15-33(28)50-4)29-13-9-11-27(36(29)45-47)20-26-10-5-7-14-32(26)49-3/h5-8,10,12,14-23,29,37H,9,11,13H2,1-4H3/b27-20+/t29-,37+/m1/s1. The number of fused-ring (bicyclic) bond motifs is 2. The second-order valence-electron chi connectivity index (χ2n) is 12.8. The number of ether oxygens (including phenoxy) is 2. The second-order valence-corrected chi connectivity index (χ2v) is 12.8. The summed E-state index contributed by atoms with van der Waals surface area (Å²) in [5, 5.41) is 10.5. The van der Waals surface area contributed by atoms with Crippen LogP contribution in [-0.4, -0.2) is 45.4 Å². The minimum Gasteiger partial charge on any atom is -0.496 e. The molecule has 0 saturated heterocycles. The first-order chi connectivity index (χ1) is 24.1. The van der Waals surface area contributed by atoms with E-state index in [4.69, 9.17) is 14.6 Å². The van der Waals surface area contributed by atoms with Crippen molar-refractivity contribution >= 4 is 23.3 Å². The predicted molar refractivity (Wildman–Crippen MR) is 185 cm³/mol. The van der Waals surface area contributed by atoms with E-state index in [-0.39, 0.29) is 28.9 Å². The third-order valence-electron chi connectivity index (χ3n) is 9.45. The van der Waals surface area contributed by atoms with E-state index in [0.29, 0.717) is 21.6 Å². The van der Waals surface area contributed by atoms with Crippen LogP contribution in [0, 0.1) is 5.92 Å². The van der Waals surface area contributed by atoms with Crippen molar-refractivity contribution in [1.29, 1.82) is 0 Å². The summed E-state index contributed by atoms with van der Waals surface area (Å²) in [4.78, 5) is 19.0. The zero-order valence-corrected chi connectivity index (χ0v) is 28.1. The number of carbonyl (C=O) groups excluding carboxylic acids is 1. The van der Waals surface area contributed by atoms with Crippen LogP contribution in [0.3, 0.4) is 0 Å². The van der Waals surface area contributed by atoms with E-state index < -0.39 is 23.8 Å². The number of hydrazone groups is 1. The first kappa shape index (κ1) is 33.1. The molecule has 1 saturated carbocycles. The number of aromatic nitrogens is 3. The molecule has 50 heavy (non-hydrogen) atoms. The summed E-state index contributed by atoms with van der Waals surface area (Å²) in [6.07, 6.45) is -0.384. The Morgan fingerprint density at radius 2 is 1.64 bits per heavy atom. The van der Waals surface area contributed by atoms with Gasteiger partial charge in [0.15, 0.2) is 17.0 Å². The van der Waals surface area contributed by atoms with Crippen LogP contribution in [0.2, 0.25) is 0 Å². The van der Waals surface area contributed by atoms with E-state index >= 15 is 0 Å². The second kappa shape index (κ2) is 13.1. The van der Waals surface area contributed by atoms with Gasteiger partial charge in [-0.1, -0.05) is 74.5 Å². The van der Waals surface area contributed by atoms with Gasteiger partial charge in [-0.05, 0) is 60.6 Å². The summed E-state index contributed by atoms with van der Waals surface area (Å²) in [5.74, 6) is 0.728. The van der Waals surface area contributed by atoms with E-state index in [1.165, 1.54) is 11.1 Å². The number of rotatable bonds is 7. The van der Waals surface area contributed by atoms with Gasteiger partial charge in [0.1, 0.15) is 11.5 Å². The Bertz CT molecular complexity index is 2140. The molecule has 8 nitrogen and oxygen atoms in total. The zero-order chi connectivity index (χ0) is 35.2. The molecule has 0 N–H and O–H groups in total. The zero-order valence-electron chi connectivity index (χ0n) is 28.1. The Kier molecular flexibility index (Phi) is 8.67. The first-order valence-corrected chi connectivity index (χ1v) is 16.5. The summed E-state index contributed by atoms with van der Waals surface area (Å²) in [7, 11) is 3.18. The molecule has 0 unspecified atom stereocenters. The molecule has 0 radical (unpaired) electrons. The Balaban J connectivity index is 1.34. The third kappa shape index (κ3) is 6.01. The summed E-state index contributed by atoms with van der Waals surface area (Å²) in [6.45, 7) is 4.09. The van der Waals surface area contributed by atoms with Crippen molar-refractivity contribution in [3.63, 3.8) is 0 Å². The van der Waals surface area contributed by atoms with Crippen LogP contribution in [0.1, 0.15) is 77.9 Å². The number of allylic oxidation sites excluding steroid dienone is 1. The van der Waals surface area contributed by atoms with E-state index in [1.54, 1.807) is 26.4 Å². The molecular weight excluding hydrogens is 643 g/mol. The molecule has 11 heteroatoms. The van der Waals surface area contributed by atoms with Gasteiger partial charge in [0.25, 0.3) is 5.91 Å². The Morgan fingerprint density at radius 3 is 2.34 bits per heavy atom. The summed E-state index contributed by atoms with van der Waals surface area (Å²) < 4.78 is 55.5. The molecule has 2 aromatic heterocycles. The third-order valence-corrected chi connectivity index (χ3v) is 9.45. The average molecular weight is 680 g/mol. The van der Waals surface area contributed by atoms with Gasteiger partial charge in [-0.25, -0.2) is 14.5 Å². The minimum atomic E-state index is -4.76. The van der Waals surface area contributed by atoms with E-state index in [2.05, 4.69) is 10.1 Å². The molecule has 3 aromatic carbocycles. The lowest BCUT2D eigenvalue weighted by Crippen LogP contribution is -2.32. The van der Waals surface area contributed by atoms with Crippen LogP contribution in [0.5, 0.6) is 11.5 Å². The van der Waals surface area contributed by atoms with E-state index in [9.17, 15) is 18.0 Å². The number of methoxy groups -OCH3 is 2. The molecule has 1 aliphatic heterocycles. The Labute approximate surface area is 287 Å². The maximum Gasteiger partial charge on any atom is 0.433 e. The molecule has 0 spiro atoms. The molecule has 2 atom stereocenters. The van der Waals surface area contributed by atoms with Crippen LogP contribution in [0.15, 0.2) is 95.6 Å². The number of hydrogen-bond donors (Lipinski definition) is 0. The van der Waals surface area contributed by atoms with Gasteiger partial charge in [-0.15, -0.1) is 0 Å². The highest BCUT2D eigenvalue weighted by Crippen LogP contribution is 2.47. The Hall–Kier alpha value is -5.45. The first-order valence-electron chi connectivity index (χ1n) is 16.5. The van der Waals surface area contributed by atoms with Gasteiger partial charge in [-0.3, -0.25) is 4.79 Å². The summed E-state index contributed by atoms with van der Waals surface area (Å²) in [5.41, 5.74) is 3.72. The molecule has 5 aromatic rings. The maximum absolute atomic E-state index is 14.5. The van der Waals surface area contributed by atoms with Crippen molar-refractivity contribution in [1.82, 2.24) is 19.6 Å². The highest BCUT2D eigenvalue weighted by Gasteiger charge is 2.46. The molecule has 1 aliphatic carbocycles. The van der Waals surface area contributed by atoms with Gasteiger partial charge in [0, 0.05) is 28.7 Å². The number of benzene rings is 3. The fraction of sp³-hybridized carbons (Fsp3) is 0.282. The van der Waals surface area contributed by atoms with E-state index in [1.807, 2.05) is 80.6 Å². The molecule has 2 aliphatic rings. The van der Waals surface area contributed by atoms with Crippen molar-refractivity contribution in [3.05, 3.63) is 119 Å². The molecule has 1 fully saturated rings. The van der Waals surface area contributed by atoms with Gasteiger partial charge in [0.05, 0.1) is 31.7 Å². The predicted octanol–water partition coefficient (Wildman–Crippen LogP) is 8.99. The number of halogens is 3. The highest BCUT2D eigenvalue weighted by atomic mass is 19.4. The Morgan fingerprint density at radius 1 is 0.940 bits per heavy atom. The highest BCUT2D eigenvalue weighted by molar-refractivity contribution is 6.09. The lowest BCUT2D eigenvalue weighted by Gasteiger charge is -2.30. The molecule has 7 rings (SSSR count). The molecule has 0 bridgehead atoms. The van der Waals surface area contributed by atoms with Crippen LogP contribution < -0.4 is 9.47 Å². The number of amides is 1. The van der Waals surface area contributed by atoms with E-state index in [0.717, 1.165) is 53.3 Å². The van der Waals surface area contributed by atoms with Crippen LogP contribution in [-0.2, 0) is 6.18 Å². The lowest BCUT2D eigenvalue weighted by molar-refractivity contribution is -0.142. The smallest absolute Gasteiger partial charge is 0.433 e. The van der Waals surface area contributed by atoms with Gasteiger partial charge in [0.2, 0.25) is 0 Å². The van der Waals surface area contributed by atoms with Gasteiger partial charge < -0.3 is 9.47 Å². The minimum absolute atomic E-state index is 0.0963. The largest absolute Gasteiger partial charge is 0.496 e. The van der Waals surface area contributed by atoms with Gasteiger partial charge in [-0.2, -0.15) is 23.4 Å². The maximum atomic E-state index is 14.5. The van der Waals surface area contributed by atoms with Crippen molar-refractivity contribution in [2.45, 2.75) is 51.2 Å². The van der Waals surface area contributed by atoms with Crippen molar-refractivity contribution in [3.8, 4) is 22.8 Å². The fourth-order valence-corrected chi connectivity index (χ4v) is 6.95. The number of para-hydroxylation sites is 2. The van der Waals surface area contributed by atoms with Gasteiger partial charge >= 0.3 is 6.18 Å². The normalized spacial score (nSPS) is 18.4. The molecule has 1 amide bonds. The summed E-state index contributed by atoms with van der Waals surface area (Å²) in [6, 6.07) is 24.1. The number of hydrogen-bond acceptors (Lipinski definition) is 6. The molecule has 256 valence electrons. The van der Waals surface area contributed by atoms with Crippen molar-refractivity contribution in [2.75, 3.05) is 14.2 Å². The van der Waals surface area contributed by atoms with Crippen LogP contribution >= 0.6 is 0 Å². The average Bonchev–Trinajstić information content (AvgIpc) is 3.73. The lowest BCUT2D eigenvalue weighted by atomic mass is 9.77. The van der Waals surface area contributed by atoms with Crippen LogP contribution in [0.4, 0.5) is 13.2 Å². The van der Waals surface area contributed by atoms with Crippen molar-refractivity contribution in [2.24, 2.45) is 11.0 Å². The fourth-order valence-electron chi connectivity index (χ4n) is 6.95. The summed E-state index contributed by atoms with van der Waals surface area (Å²) >= 11 is 0. The molecular formula is C39H36F3N5O3. The number of carbonyl (C=O) groups is 1. The number of nitrogens with zero attached hydrogens (tertiary/aromatic N) is 5. The monoisotopic (exact) mass is 679 g/mol. The SMILES string of the molecule is COc1ccccc1/C=C1\CCC[C@@H]2C1=NN(C(=O)c1cc3nc(-c4ccc(C(C)C)cc4)cc(C(F)(F)F)n3n1)[C@H]2c1ccccc1OC. The van der Waals surface area contributed by atoms with Crippen LogP contribution in [0.25, 0.3) is 23.0 Å². The van der Waals surface area contributed by atoms with Crippen molar-refractivity contribution < 1.29 is 27.4 Å².